The second-order valence-corrected chi connectivity index (χ2v) is 5.62. The molecule has 0 aliphatic carbocycles. The summed E-state index contributed by atoms with van der Waals surface area (Å²) in [4.78, 5) is 11.9. The van der Waals surface area contributed by atoms with Crippen LogP contribution in [0.1, 0.15) is 26.2 Å². The fourth-order valence-electron chi connectivity index (χ4n) is 2.24. The summed E-state index contributed by atoms with van der Waals surface area (Å²) in [5.41, 5.74) is 6.97. The van der Waals surface area contributed by atoms with E-state index in [1.807, 2.05) is 0 Å². The highest BCUT2D eigenvalue weighted by molar-refractivity contribution is 5.89. The first-order valence-electron chi connectivity index (χ1n) is 8.38. The minimum Gasteiger partial charge on any atom is -0.493 e. The van der Waals surface area contributed by atoms with Crippen molar-refractivity contribution in [2.45, 2.75) is 26.2 Å². The van der Waals surface area contributed by atoms with Gasteiger partial charge in [-0.1, -0.05) is 19.8 Å². The first-order valence-corrected chi connectivity index (χ1v) is 8.38. The summed E-state index contributed by atoms with van der Waals surface area (Å²) >= 11 is 0. The molecule has 0 aliphatic rings. The molecule has 0 bridgehead atoms. The SMILES string of the molecule is CCCCCNC(=O)Nc1ccc(Oc2ccc(N)cc2)c(OC)c1. The summed E-state index contributed by atoms with van der Waals surface area (Å²) in [6, 6.07) is 12.1. The smallest absolute Gasteiger partial charge is 0.319 e. The zero-order valence-corrected chi connectivity index (χ0v) is 14.7. The molecule has 4 N–H and O–H groups in total. The maximum atomic E-state index is 11.9. The number of unbranched alkanes of at least 4 members (excludes halogenated alkanes) is 2. The zero-order chi connectivity index (χ0) is 18.1. The van der Waals surface area contributed by atoms with Gasteiger partial charge in [0.15, 0.2) is 11.5 Å². The Morgan fingerprint density at radius 2 is 1.84 bits per heavy atom. The molecular formula is C19H25N3O3. The molecule has 6 heteroatoms. The van der Waals surface area contributed by atoms with Gasteiger partial charge in [0, 0.05) is 24.0 Å². The first-order chi connectivity index (χ1) is 12.1. The Morgan fingerprint density at radius 1 is 1.08 bits per heavy atom. The third kappa shape index (κ3) is 5.91. The lowest BCUT2D eigenvalue weighted by molar-refractivity contribution is 0.252. The number of hydrogen-bond donors (Lipinski definition) is 3. The lowest BCUT2D eigenvalue weighted by atomic mass is 10.2. The second kappa shape index (κ2) is 9.42. The third-order valence-corrected chi connectivity index (χ3v) is 3.60. The Kier molecular flexibility index (Phi) is 6.95. The van der Waals surface area contributed by atoms with Gasteiger partial charge in [0.25, 0.3) is 0 Å². The van der Waals surface area contributed by atoms with Gasteiger partial charge in [-0.15, -0.1) is 0 Å². The molecule has 0 fully saturated rings. The quantitative estimate of drug-likeness (QED) is 0.490. The summed E-state index contributed by atoms with van der Waals surface area (Å²) in [7, 11) is 1.56. The van der Waals surface area contributed by atoms with Gasteiger partial charge in [-0.25, -0.2) is 4.79 Å². The fourth-order valence-corrected chi connectivity index (χ4v) is 2.24. The zero-order valence-electron chi connectivity index (χ0n) is 14.7. The normalized spacial score (nSPS) is 10.2. The second-order valence-electron chi connectivity index (χ2n) is 5.62. The maximum Gasteiger partial charge on any atom is 0.319 e. The van der Waals surface area contributed by atoms with Crippen molar-refractivity contribution >= 4 is 17.4 Å². The van der Waals surface area contributed by atoms with Crippen LogP contribution in [0.3, 0.4) is 0 Å². The first kappa shape index (κ1) is 18.4. The summed E-state index contributed by atoms with van der Waals surface area (Å²) in [6.07, 6.45) is 3.20. The molecule has 2 rings (SSSR count). The number of methoxy groups -OCH3 is 1. The van der Waals surface area contributed by atoms with E-state index < -0.39 is 0 Å². The van der Waals surface area contributed by atoms with E-state index in [0.717, 1.165) is 19.3 Å². The number of rotatable bonds is 8. The minimum atomic E-state index is -0.231. The van der Waals surface area contributed by atoms with Crippen LogP contribution in [0.15, 0.2) is 42.5 Å². The van der Waals surface area contributed by atoms with Crippen molar-refractivity contribution in [3.63, 3.8) is 0 Å². The number of carbonyl (C=O) groups is 1. The van der Waals surface area contributed by atoms with Crippen LogP contribution in [-0.4, -0.2) is 19.7 Å². The molecule has 0 atom stereocenters. The van der Waals surface area contributed by atoms with Crippen LogP contribution in [0.5, 0.6) is 17.2 Å². The molecule has 0 unspecified atom stereocenters. The number of nitrogens with two attached hydrogens (primary N) is 1. The van der Waals surface area contributed by atoms with Crippen molar-refractivity contribution in [1.82, 2.24) is 5.32 Å². The number of nitrogens with one attached hydrogen (secondary N) is 2. The van der Waals surface area contributed by atoms with Crippen molar-refractivity contribution in [3.8, 4) is 17.2 Å². The van der Waals surface area contributed by atoms with Crippen molar-refractivity contribution in [1.29, 1.82) is 0 Å². The number of hydrogen-bond acceptors (Lipinski definition) is 4. The van der Waals surface area contributed by atoms with Gasteiger partial charge >= 0.3 is 6.03 Å². The molecule has 6 nitrogen and oxygen atoms in total. The lowest BCUT2D eigenvalue weighted by Gasteiger charge is -2.13. The van der Waals surface area contributed by atoms with Crippen LogP contribution in [0.25, 0.3) is 0 Å². The minimum absolute atomic E-state index is 0.231. The van der Waals surface area contributed by atoms with Crippen molar-refractivity contribution in [3.05, 3.63) is 42.5 Å². The molecule has 0 heterocycles. The average molecular weight is 343 g/mol. The summed E-state index contributed by atoms with van der Waals surface area (Å²) in [5, 5.41) is 5.62. The van der Waals surface area contributed by atoms with Gasteiger partial charge < -0.3 is 25.8 Å². The molecule has 0 radical (unpaired) electrons. The number of carbonyl (C=O) groups excluding carboxylic acids is 1. The summed E-state index contributed by atoms with van der Waals surface area (Å²) < 4.78 is 11.2. The van der Waals surface area contributed by atoms with Crippen LogP contribution in [0, 0.1) is 0 Å². The number of ether oxygens (including phenoxy) is 2. The Hall–Kier alpha value is -2.89. The molecular weight excluding hydrogens is 318 g/mol. The van der Waals surface area contributed by atoms with Crippen LogP contribution < -0.4 is 25.8 Å². The van der Waals surface area contributed by atoms with E-state index in [-0.39, 0.29) is 6.03 Å². The number of urea groups is 1. The van der Waals surface area contributed by atoms with Gasteiger partial charge in [0.1, 0.15) is 5.75 Å². The van der Waals surface area contributed by atoms with Crippen molar-refractivity contribution in [2.75, 3.05) is 24.7 Å². The Labute approximate surface area is 148 Å². The van der Waals surface area contributed by atoms with Crippen LogP contribution in [0.2, 0.25) is 0 Å². The van der Waals surface area contributed by atoms with Gasteiger partial charge in [-0.2, -0.15) is 0 Å². The molecule has 0 aliphatic heterocycles. The highest BCUT2D eigenvalue weighted by Crippen LogP contribution is 2.34. The van der Waals surface area contributed by atoms with E-state index in [0.29, 0.717) is 35.2 Å². The molecule has 0 spiro atoms. The highest BCUT2D eigenvalue weighted by Gasteiger charge is 2.09. The molecule has 2 aromatic rings. The van der Waals surface area contributed by atoms with E-state index in [1.54, 1.807) is 49.6 Å². The topological polar surface area (TPSA) is 85.6 Å². The number of anilines is 2. The fraction of sp³-hybridized carbons (Fsp3) is 0.316. The van der Waals surface area contributed by atoms with E-state index in [2.05, 4.69) is 17.6 Å². The monoisotopic (exact) mass is 343 g/mol. The molecule has 0 saturated heterocycles. The van der Waals surface area contributed by atoms with Crippen molar-refractivity contribution in [2.24, 2.45) is 0 Å². The van der Waals surface area contributed by atoms with Crippen LogP contribution in [0.4, 0.5) is 16.2 Å². The van der Waals surface area contributed by atoms with E-state index >= 15 is 0 Å². The summed E-state index contributed by atoms with van der Waals surface area (Å²) in [5.74, 6) is 1.74. The van der Waals surface area contributed by atoms with Crippen molar-refractivity contribution < 1.29 is 14.3 Å². The molecule has 134 valence electrons. The molecule has 2 amide bonds. The van der Waals surface area contributed by atoms with Crippen LogP contribution >= 0.6 is 0 Å². The lowest BCUT2D eigenvalue weighted by Crippen LogP contribution is -2.29. The Morgan fingerprint density at radius 3 is 2.52 bits per heavy atom. The van der Waals surface area contributed by atoms with Gasteiger partial charge in [-0.3, -0.25) is 0 Å². The van der Waals surface area contributed by atoms with E-state index in [4.69, 9.17) is 15.2 Å². The highest BCUT2D eigenvalue weighted by atomic mass is 16.5. The molecule has 0 saturated carbocycles. The Bertz CT molecular complexity index is 687. The molecule has 0 aromatic heterocycles. The van der Waals surface area contributed by atoms with Gasteiger partial charge in [-0.05, 0) is 42.8 Å². The Balaban J connectivity index is 1.98. The molecule has 2 aromatic carbocycles. The van der Waals surface area contributed by atoms with Gasteiger partial charge in [0.05, 0.1) is 7.11 Å². The standard InChI is InChI=1S/C19H25N3O3/c1-3-4-5-12-21-19(23)22-15-8-11-17(18(13-15)24-2)25-16-9-6-14(20)7-10-16/h6-11,13H,3-5,12,20H2,1-2H3,(H2,21,22,23). The van der Waals surface area contributed by atoms with E-state index in [9.17, 15) is 4.79 Å². The van der Waals surface area contributed by atoms with E-state index in [1.165, 1.54) is 0 Å². The number of amides is 2. The average Bonchev–Trinajstić information content (AvgIpc) is 2.62. The summed E-state index contributed by atoms with van der Waals surface area (Å²) in [6.45, 7) is 2.79. The maximum absolute atomic E-state index is 11.9. The number of benzene rings is 2. The van der Waals surface area contributed by atoms with Gasteiger partial charge in [0.2, 0.25) is 0 Å². The predicted octanol–water partition coefficient (Wildman–Crippen LogP) is 4.38. The largest absolute Gasteiger partial charge is 0.493 e. The van der Waals surface area contributed by atoms with Crippen LogP contribution in [-0.2, 0) is 0 Å². The third-order valence-electron chi connectivity index (χ3n) is 3.60. The number of nitrogen functional groups attached to an aromatic ring is 1. The molecule has 25 heavy (non-hydrogen) atoms. The predicted molar refractivity (Wildman–Crippen MR) is 100 cm³/mol.